The summed E-state index contributed by atoms with van der Waals surface area (Å²) in [5.41, 5.74) is 1.73. The molecule has 0 radical (unpaired) electrons. The lowest BCUT2D eigenvalue weighted by Crippen LogP contribution is -2.03. The Labute approximate surface area is 86.3 Å². The molecule has 0 atom stereocenters. The Morgan fingerprint density at radius 3 is 2.80 bits per heavy atom. The zero-order chi connectivity index (χ0) is 11.0. The quantitative estimate of drug-likeness (QED) is 0.810. The predicted molar refractivity (Wildman–Crippen MR) is 54.9 cm³/mol. The molecular formula is C10H11N3O2. The van der Waals surface area contributed by atoms with E-state index in [1.165, 1.54) is 6.07 Å². The summed E-state index contributed by atoms with van der Waals surface area (Å²) in [5, 5.41) is 16.8. The van der Waals surface area contributed by atoms with Gasteiger partial charge in [0, 0.05) is 6.04 Å². The van der Waals surface area contributed by atoms with Gasteiger partial charge in [-0.1, -0.05) is 5.21 Å². The Balaban J connectivity index is 2.66. The molecule has 5 heteroatoms. The first-order chi connectivity index (χ1) is 7.09. The molecule has 5 nitrogen and oxygen atoms in total. The maximum Gasteiger partial charge on any atom is 0.335 e. The van der Waals surface area contributed by atoms with Gasteiger partial charge in [-0.2, -0.15) is 0 Å². The van der Waals surface area contributed by atoms with E-state index in [2.05, 4.69) is 10.3 Å². The SMILES string of the molecule is CC(C)n1nnc2ccc(C(=O)O)cc21. The first-order valence-corrected chi connectivity index (χ1v) is 4.68. The minimum atomic E-state index is -0.937. The van der Waals surface area contributed by atoms with Gasteiger partial charge in [0.2, 0.25) is 0 Å². The molecule has 0 fully saturated rings. The van der Waals surface area contributed by atoms with Crippen LogP contribution < -0.4 is 0 Å². The maximum absolute atomic E-state index is 10.8. The van der Waals surface area contributed by atoms with E-state index in [0.29, 0.717) is 5.52 Å². The standard InChI is InChI=1S/C10H11N3O2/c1-6(2)13-9-5-7(10(14)15)3-4-8(9)11-12-13/h3-6H,1-2H3,(H,14,15). The zero-order valence-electron chi connectivity index (χ0n) is 8.51. The molecule has 1 heterocycles. The molecule has 2 aromatic rings. The van der Waals surface area contributed by atoms with Crippen molar-refractivity contribution in [2.75, 3.05) is 0 Å². The minimum absolute atomic E-state index is 0.166. The van der Waals surface area contributed by atoms with E-state index >= 15 is 0 Å². The lowest BCUT2D eigenvalue weighted by molar-refractivity contribution is 0.0697. The molecule has 0 aliphatic rings. The monoisotopic (exact) mass is 205 g/mol. The molecule has 1 aromatic heterocycles. The van der Waals surface area contributed by atoms with Gasteiger partial charge >= 0.3 is 5.97 Å². The summed E-state index contributed by atoms with van der Waals surface area (Å²) < 4.78 is 1.71. The van der Waals surface area contributed by atoms with Crippen molar-refractivity contribution < 1.29 is 9.90 Å². The van der Waals surface area contributed by atoms with Crippen LogP contribution in [0.5, 0.6) is 0 Å². The second kappa shape index (κ2) is 3.34. The van der Waals surface area contributed by atoms with Gasteiger partial charge in [0.05, 0.1) is 11.1 Å². The second-order valence-electron chi connectivity index (χ2n) is 3.64. The van der Waals surface area contributed by atoms with Crippen molar-refractivity contribution in [2.45, 2.75) is 19.9 Å². The van der Waals surface area contributed by atoms with Crippen molar-refractivity contribution in [1.82, 2.24) is 15.0 Å². The second-order valence-corrected chi connectivity index (χ2v) is 3.64. The number of carboxylic acid groups (broad SMARTS) is 1. The van der Waals surface area contributed by atoms with Crippen LogP contribution in [-0.2, 0) is 0 Å². The van der Waals surface area contributed by atoms with Crippen LogP contribution in [0.25, 0.3) is 11.0 Å². The normalized spacial score (nSPS) is 11.1. The molecular weight excluding hydrogens is 194 g/mol. The highest BCUT2D eigenvalue weighted by Crippen LogP contribution is 2.16. The van der Waals surface area contributed by atoms with Crippen LogP contribution in [0.2, 0.25) is 0 Å². The Bertz CT molecular complexity index is 516. The van der Waals surface area contributed by atoms with E-state index in [9.17, 15) is 4.79 Å². The van der Waals surface area contributed by atoms with E-state index < -0.39 is 5.97 Å². The third-order valence-electron chi connectivity index (χ3n) is 2.21. The van der Waals surface area contributed by atoms with Crippen molar-refractivity contribution in [3.63, 3.8) is 0 Å². The lowest BCUT2D eigenvalue weighted by Gasteiger charge is -2.05. The molecule has 0 amide bonds. The summed E-state index contributed by atoms with van der Waals surface area (Å²) in [6.07, 6.45) is 0. The summed E-state index contributed by atoms with van der Waals surface area (Å²) in [4.78, 5) is 10.8. The van der Waals surface area contributed by atoms with Crippen LogP contribution >= 0.6 is 0 Å². The van der Waals surface area contributed by atoms with Gasteiger partial charge in [-0.15, -0.1) is 5.10 Å². The van der Waals surface area contributed by atoms with Crippen LogP contribution in [0, 0.1) is 0 Å². The van der Waals surface area contributed by atoms with Gasteiger partial charge in [0.25, 0.3) is 0 Å². The summed E-state index contributed by atoms with van der Waals surface area (Å²) in [6.45, 7) is 3.95. The van der Waals surface area contributed by atoms with Gasteiger partial charge in [-0.25, -0.2) is 9.48 Å². The zero-order valence-corrected chi connectivity index (χ0v) is 8.51. The average molecular weight is 205 g/mol. The molecule has 0 unspecified atom stereocenters. The summed E-state index contributed by atoms with van der Waals surface area (Å²) in [5.74, 6) is -0.937. The summed E-state index contributed by atoms with van der Waals surface area (Å²) in [6, 6.07) is 4.96. The van der Waals surface area contributed by atoms with E-state index in [4.69, 9.17) is 5.11 Å². The first-order valence-electron chi connectivity index (χ1n) is 4.68. The topological polar surface area (TPSA) is 68.0 Å². The number of carbonyl (C=O) groups is 1. The molecule has 0 aliphatic heterocycles. The number of rotatable bonds is 2. The van der Waals surface area contributed by atoms with Gasteiger partial charge in [-0.05, 0) is 32.0 Å². The van der Waals surface area contributed by atoms with Gasteiger partial charge in [0.15, 0.2) is 0 Å². The van der Waals surface area contributed by atoms with Crippen LogP contribution in [0.3, 0.4) is 0 Å². The number of nitrogens with zero attached hydrogens (tertiary/aromatic N) is 3. The number of hydrogen-bond acceptors (Lipinski definition) is 3. The highest BCUT2D eigenvalue weighted by atomic mass is 16.4. The fraction of sp³-hybridized carbons (Fsp3) is 0.300. The molecule has 0 spiro atoms. The Kier molecular flexibility index (Phi) is 2.15. The van der Waals surface area contributed by atoms with Crippen molar-refractivity contribution in [3.8, 4) is 0 Å². The predicted octanol–water partition coefficient (Wildman–Crippen LogP) is 1.71. The van der Waals surface area contributed by atoms with Crippen LogP contribution in [0.4, 0.5) is 0 Å². The Morgan fingerprint density at radius 1 is 1.47 bits per heavy atom. The van der Waals surface area contributed by atoms with Gasteiger partial charge < -0.3 is 5.11 Å². The highest BCUT2D eigenvalue weighted by Gasteiger charge is 2.10. The third kappa shape index (κ3) is 1.56. The highest BCUT2D eigenvalue weighted by molar-refractivity contribution is 5.92. The molecule has 1 N–H and O–H groups in total. The van der Waals surface area contributed by atoms with E-state index in [1.807, 2.05) is 13.8 Å². The molecule has 78 valence electrons. The fourth-order valence-corrected chi connectivity index (χ4v) is 1.45. The van der Waals surface area contributed by atoms with E-state index in [0.717, 1.165) is 5.52 Å². The van der Waals surface area contributed by atoms with Crippen molar-refractivity contribution >= 4 is 17.0 Å². The number of aromatic carboxylic acids is 1. The van der Waals surface area contributed by atoms with Crippen LogP contribution in [0.1, 0.15) is 30.2 Å². The molecule has 0 bridgehead atoms. The molecule has 1 aromatic carbocycles. The Hall–Kier alpha value is -1.91. The van der Waals surface area contributed by atoms with Gasteiger partial charge in [-0.3, -0.25) is 0 Å². The molecule has 2 rings (SSSR count). The molecule has 0 saturated carbocycles. The number of fused-ring (bicyclic) bond motifs is 1. The number of aromatic nitrogens is 3. The third-order valence-corrected chi connectivity index (χ3v) is 2.21. The smallest absolute Gasteiger partial charge is 0.335 e. The van der Waals surface area contributed by atoms with Crippen molar-refractivity contribution in [2.24, 2.45) is 0 Å². The van der Waals surface area contributed by atoms with Crippen LogP contribution in [0.15, 0.2) is 18.2 Å². The van der Waals surface area contributed by atoms with Gasteiger partial charge in [0.1, 0.15) is 5.52 Å². The lowest BCUT2D eigenvalue weighted by atomic mass is 10.2. The number of benzene rings is 1. The molecule has 0 saturated heterocycles. The Morgan fingerprint density at radius 2 is 2.20 bits per heavy atom. The number of carboxylic acids is 1. The first kappa shape index (κ1) is 9.64. The number of hydrogen-bond donors (Lipinski definition) is 1. The van der Waals surface area contributed by atoms with Crippen molar-refractivity contribution in [1.29, 1.82) is 0 Å². The van der Waals surface area contributed by atoms with E-state index in [1.54, 1.807) is 16.8 Å². The molecule has 0 aliphatic carbocycles. The van der Waals surface area contributed by atoms with E-state index in [-0.39, 0.29) is 11.6 Å². The fourth-order valence-electron chi connectivity index (χ4n) is 1.45. The van der Waals surface area contributed by atoms with Crippen molar-refractivity contribution in [3.05, 3.63) is 23.8 Å². The van der Waals surface area contributed by atoms with Crippen LogP contribution in [-0.4, -0.2) is 26.1 Å². The maximum atomic E-state index is 10.8. The summed E-state index contributed by atoms with van der Waals surface area (Å²) >= 11 is 0. The minimum Gasteiger partial charge on any atom is -0.478 e. The average Bonchev–Trinajstić information content (AvgIpc) is 2.59. The summed E-state index contributed by atoms with van der Waals surface area (Å²) in [7, 11) is 0. The largest absolute Gasteiger partial charge is 0.478 e. The molecule has 15 heavy (non-hydrogen) atoms.